The van der Waals surface area contributed by atoms with E-state index in [1.165, 1.54) is 21.3 Å². The summed E-state index contributed by atoms with van der Waals surface area (Å²) >= 11 is 0. The van der Waals surface area contributed by atoms with Crippen molar-refractivity contribution in [2.24, 2.45) is 7.05 Å². The Morgan fingerprint density at radius 3 is 2.25 bits per heavy atom. The zero-order valence-corrected chi connectivity index (χ0v) is 24.6. The number of carbonyl (C=O) groups is 1. The zero-order valence-electron chi connectivity index (χ0n) is 24.6. The fourth-order valence-corrected chi connectivity index (χ4v) is 5.54. The van der Waals surface area contributed by atoms with Crippen LogP contribution in [0, 0.1) is 0 Å². The van der Waals surface area contributed by atoms with Gasteiger partial charge in [0.15, 0.2) is 0 Å². The molecule has 0 fully saturated rings. The second-order valence-electron chi connectivity index (χ2n) is 11.1. The van der Waals surface area contributed by atoms with Gasteiger partial charge >= 0.3 is 0 Å². The number of aromatic nitrogens is 2. The number of fused-ring (bicyclic) bond motifs is 1. The summed E-state index contributed by atoms with van der Waals surface area (Å²) in [5, 5.41) is 3.40. The fourth-order valence-electron chi connectivity index (χ4n) is 5.54. The Labute approximate surface area is 255 Å². The number of anilines is 1. The quantitative estimate of drug-likeness (QED) is 0.307. The van der Waals surface area contributed by atoms with Crippen LogP contribution in [0.25, 0.3) is 12.2 Å². The van der Waals surface area contributed by atoms with Gasteiger partial charge in [-0.3, -0.25) is 19.3 Å². The van der Waals surface area contributed by atoms with Crippen molar-refractivity contribution in [3.63, 3.8) is 0 Å². The number of hydrogen-bond donors (Lipinski definition) is 2. The van der Waals surface area contributed by atoms with Crippen LogP contribution in [-0.4, -0.2) is 33.4 Å². The van der Waals surface area contributed by atoms with E-state index in [4.69, 9.17) is 0 Å². The van der Waals surface area contributed by atoms with Crippen LogP contribution in [0.1, 0.15) is 38.2 Å². The third-order valence-corrected chi connectivity index (χ3v) is 8.10. The molecule has 220 valence electrons. The molecule has 0 saturated carbocycles. The Hall–Kier alpha value is -5.27. The molecule has 1 aliphatic rings. The minimum atomic E-state index is -0.360. The van der Waals surface area contributed by atoms with E-state index in [1.54, 1.807) is 43.5 Å². The summed E-state index contributed by atoms with van der Waals surface area (Å²) in [7, 11) is 1.58. The van der Waals surface area contributed by atoms with Crippen LogP contribution in [0.2, 0.25) is 0 Å². The lowest BCUT2D eigenvalue weighted by Crippen LogP contribution is -2.52. The standard InChI is InChI=1S/C37H34N4O3/c1-40-34(24-27-7-3-2-4-8-27)36(43)39-33(37(40)44)23-28-11-15-30(16-12-28)35(42)38-32-17-13-26(14-18-32)19-21-41-22-20-29-9-5-6-10-31(29)25-41/h2-18,23-24H,19-22,25H2,1H3,(H,38,42)(H,39,43)/b33-23-,34-24-. The maximum absolute atomic E-state index is 13.0. The number of nitrogens with one attached hydrogen (secondary N) is 2. The van der Waals surface area contributed by atoms with Gasteiger partial charge in [0.25, 0.3) is 17.0 Å². The van der Waals surface area contributed by atoms with Crippen LogP contribution in [0.4, 0.5) is 5.69 Å². The molecule has 0 atom stereocenters. The minimum Gasteiger partial charge on any atom is -0.322 e. The highest BCUT2D eigenvalue weighted by molar-refractivity contribution is 6.04. The Balaban J connectivity index is 1.08. The molecule has 2 N–H and O–H groups in total. The topological polar surface area (TPSA) is 87.2 Å². The normalized spacial score (nSPS) is 13.9. The first-order valence-corrected chi connectivity index (χ1v) is 14.8. The molecule has 6 rings (SSSR count). The molecule has 0 radical (unpaired) electrons. The van der Waals surface area contributed by atoms with E-state index in [2.05, 4.69) is 51.6 Å². The Morgan fingerprint density at radius 2 is 1.50 bits per heavy atom. The molecule has 7 nitrogen and oxygen atoms in total. The van der Waals surface area contributed by atoms with Gasteiger partial charge in [-0.05, 0) is 77.1 Å². The van der Waals surface area contributed by atoms with Crippen LogP contribution in [0.15, 0.2) is 113 Å². The molecule has 0 saturated heterocycles. The molecule has 44 heavy (non-hydrogen) atoms. The lowest BCUT2D eigenvalue weighted by Gasteiger charge is -2.28. The highest BCUT2D eigenvalue weighted by atomic mass is 16.2. The summed E-state index contributed by atoms with van der Waals surface area (Å²) in [4.78, 5) is 43.9. The lowest BCUT2D eigenvalue weighted by molar-refractivity contribution is 0.102. The smallest absolute Gasteiger partial charge is 0.274 e. The van der Waals surface area contributed by atoms with Crippen LogP contribution < -0.4 is 27.1 Å². The number of rotatable bonds is 7. The van der Waals surface area contributed by atoms with Crippen LogP contribution in [0.3, 0.4) is 0 Å². The number of nitrogens with zero attached hydrogens (tertiary/aromatic N) is 2. The van der Waals surface area contributed by atoms with Crippen molar-refractivity contribution < 1.29 is 4.79 Å². The Kier molecular flexibility index (Phi) is 8.48. The second-order valence-corrected chi connectivity index (χ2v) is 11.1. The molecule has 0 aliphatic carbocycles. The number of benzene rings is 4. The molecular formula is C37H34N4O3. The molecule has 5 aromatic rings. The molecule has 1 aromatic heterocycles. The summed E-state index contributed by atoms with van der Waals surface area (Å²) in [5.41, 5.74) is 6.18. The Bertz CT molecular complexity index is 2030. The van der Waals surface area contributed by atoms with Crippen molar-refractivity contribution in [1.29, 1.82) is 0 Å². The first-order valence-electron chi connectivity index (χ1n) is 14.8. The van der Waals surface area contributed by atoms with E-state index in [1.807, 2.05) is 42.5 Å². The van der Waals surface area contributed by atoms with E-state index < -0.39 is 0 Å². The summed E-state index contributed by atoms with van der Waals surface area (Å²) in [6.07, 6.45) is 5.34. The van der Waals surface area contributed by atoms with Gasteiger partial charge in [0.05, 0.1) is 0 Å². The highest BCUT2D eigenvalue weighted by Gasteiger charge is 2.15. The summed E-state index contributed by atoms with van der Waals surface area (Å²) in [6, 6.07) is 33.0. The molecule has 0 spiro atoms. The van der Waals surface area contributed by atoms with Gasteiger partial charge in [-0.25, -0.2) is 0 Å². The highest BCUT2D eigenvalue weighted by Crippen LogP contribution is 2.19. The van der Waals surface area contributed by atoms with E-state index in [-0.39, 0.29) is 27.7 Å². The van der Waals surface area contributed by atoms with Crippen molar-refractivity contribution in [2.45, 2.75) is 19.4 Å². The predicted octanol–water partition coefficient (Wildman–Crippen LogP) is 3.58. The van der Waals surface area contributed by atoms with Crippen LogP contribution in [-0.2, 0) is 26.4 Å². The minimum absolute atomic E-state index is 0.171. The van der Waals surface area contributed by atoms with Crippen molar-refractivity contribution in [3.05, 3.63) is 168 Å². The third kappa shape index (κ3) is 6.69. The summed E-state index contributed by atoms with van der Waals surface area (Å²) in [6.45, 7) is 3.07. The number of hydrogen-bond acceptors (Lipinski definition) is 4. The van der Waals surface area contributed by atoms with Gasteiger partial charge < -0.3 is 14.9 Å². The monoisotopic (exact) mass is 582 g/mol. The molecule has 0 bridgehead atoms. The molecule has 7 heteroatoms. The molecule has 1 amide bonds. The zero-order chi connectivity index (χ0) is 30.5. The van der Waals surface area contributed by atoms with Crippen molar-refractivity contribution in [3.8, 4) is 0 Å². The predicted molar refractivity (Wildman–Crippen MR) is 175 cm³/mol. The van der Waals surface area contributed by atoms with Crippen molar-refractivity contribution in [2.75, 3.05) is 18.4 Å². The average molecular weight is 583 g/mol. The molecule has 4 aromatic carbocycles. The number of carbonyl (C=O) groups excluding carboxylic acids is 1. The van der Waals surface area contributed by atoms with Gasteiger partial charge in [0.2, 0.25) is 0 Å². The maximum Gasteiger partial charge on any atom is 0.274 e. The SMILES string of the molecule is Cn1c(=O)/c(=C/c2ccc(C(=O)Nc3ccc(CCN4CCc5ccccc5C4)cc3)cc2)[nH]c(=O)/c1=C/c1ccccc1. The molecular weight excluding hydrogens is 548 g/mol. The van der Waals surface area contributed by atoms with E-state index in [9.17, 15) is 14.4 Å². The summed E-state index contributed by atoms with van der Waals surface area (Å²) < 4.78 is 1.34. The van der Waals surface area contributed by atoms with Crippen LogP contribution in [0.5, 0.6) is 0 Å². The van der Waals surface area contributed by atoms with Gasteiger partial charge in [-0.15, -0.1) is 0 Å². The number of aromatic amines is 1. The largest absolute Gasteiger partial charge is 0.322 e. The third-order valence-electron chi connectivity index (χ3n) is 8.10. The maximum atomic E-state index is 13.0. The number of amides is 1. The van der Waals surface area contributed by atoms with E-state index >= 15 is 0 Å². The fraction of sp³-hybridized carbons (Fsp3) is 0.162. The number of H-pyrrole nitrogens is 1. The Morgan fingerprint density at radius 1 is 0.818 bits per heavy atom. The lowest BCUT2D eigenvalue weighted by atomic mass is 9.99. The first kappa shape index (κ1) is 28.8. The second kappa shape index (κ2) is 12.9. The molecule has 2 heterocycles. The molecule has 1 aliphatic heterocycles. The summed E-state index contributed by atoms with van der Waals surface area (Å²) in [5.74, 6) is -0.221. The molecule has 0 unspecified atom stereocenters. The van der Waals surface area contributed by atoms with Crippen molar-refractivity contribution in [1.82, 2.24) is 14.5 Å². The average Bonchev–Trinajstić information content (AvgIpc) is 3.06. The van der Waals surface area contributed by atoms with Gasteiger partial charge in [-0.2, -0.15) is 0 Å². The van der Waals surface area contributed by atoms with Gasteiger partial charge in [-0.1, -0.05) is 78.9 Å². The van der Waals surface area contributed by atoms with Gasteiger partial charge in [0.1, 0.15) is 10.7 Å². The first-order chi connectivity index (χ1) is 21.4. The van der Waals surface area contributed by atoms with Crippen LogP contribution >= 0.6 is 0 Å². The van der Waals surface area contributed by atoms with Gasteiger partial charge in [0, 0.05) is 37.9 Å². The van der Waals surface area contributed by atoms with E-state index in [0.717, 1.165) is 43.7 Å². The van der Waals surface area contributed by atoms with Crippen molar-refractivity contribution >= 4 is 23.7 Å². The van der Waals surface area contributed by atoms with E-state index in [0.29, 0.717) is 11.1 Å².